The van der Waals surface area contributed by atoms with Crippen LogP contribution < -0.4 is 0 Å². The minimum Gasteiger partial charge on any atom is -0.457 e. The van der Waals surface area contributed by atoms with Crippen molar-refractivity contribution < 1.29 is 4.42 Å². The minimum atomic E-state index is 0.565. The van der Waals surface area contributed by atoms with Crippen LogP contribution in [0, 0.1) is 0 Å². The Hall–Kier alpha value is -6.65. The molecule has 0 N–H and O–H groups in total. The number of allylic oxidation sites excluding steroid dienone is 10. The molecule has 0 aliphatic carbocycles. The van der Waals surface area contributed by atoms with Gasteiger partial charge in [0.1, 0.15) is 11.3 Å². The highest BCUT2D eigenvalue weighted by Gasteiger charge is 2.16. The average Bonchev–Trinajstić information content (AvgIpc) is 3.59. The lowest BCUT2D eigenvalue weighted by Gasteiger charge is -2.13. The predicted molar refractivity (Wildman–Crippen MR) is 205 cm³/mol. The molecule has 0 unspecified atom stereocenters. The first-order valence-corrected chi connectivity index (χ1v) is 15.8. The van der Waals surface area contributed by atoms with E-state index in [2.05, 4.69) is 32.9 Å². The van der Waals surface area contributed by atoms with Crippen molar-refractivity contribution in [3.8, 4) is 34.2 Å². The van der Waals surface area contributed by atoms with E-state index in [1.165, 1.54) is 0 Å². The molecule has 2 heterocycles. The van der Waals surface area contributed by atoms with Crippen LogP contribution >= 0.6 is 0 Å². The first kappa shape index (κ1) is 32.3. The molecule has 236 valence electrons. The zero-order valence-electron chi connectivity index (χ0n) is 27.2. The molecule has 0 spiro atoms. The molecular formula is C45H35N3O. The Morgan fingerprint density at radius 2 is 1.18 bits per heavy atom. The van der Waals surface area contributed by atoms with Crippen molar-refractivity contribution in [2.24, 2.45) is 0 Å². The van der Waals surface area contributed by atoms with Gasteiger partial charge in [0.2, 0.25) is 0 Å². The number of fused-ring (bicyclic) bond motifs is 1. The fourth-order valence-electron chi connectivity index (χ4n) is 5.26. The Bertz CT molecular complexity index is 2230. The lowest BCUT2D eigenvalue weighted by atomic mass is 9.91. The van der Waals surface area contributed by atoms with Crippen LogP contribution in [0.15, 0.2) is 205 Å². The number of hydrogen-bond donors (Lipinski definition) is 0. The topological polar surface area (TPSA) is 51.8 Å². The normalized spacial score (nSPS) is 11.6. The predicted octanol–water partition coefficient (Wildman–Crippen LogP) is 11.7. The van der Waals surface area contributed by atoms with Gasteiger partial charge in [0, 0.05) is 22.1 Å². The van der Waals surface area contributed by atoms with E-state index in [0.717, 1.165) is 61.1 Å². The lowest BCUT2D eigenvalue weighted by molar-refractivity contribution is 0.604. The first-order chi connectivity index (χ1) is 23.9. The summed E-state index contributed by atoms with van der Waals surface area (Å²) < 4.78 is 6.28. The van der Waals surface area contributed by atoms with Gasteiger partial charge in [-0.25, -0.2) is 15.0 Å². The van der Waals surface area contributed by atoms with Crippen molar-refractivity contribution in [1.82, 2.24) is 15.0 Å². The Morgan fingerprint density at radius 3 is 1.80 bits per heavy atom. The van der Waals surface area contributed by atoms with Gasteiger partial charge in [-0.05, 0) is 57.7 Å². The molecule has 0 saturated carbocycles. The quantitative estimate of drug-likeness (QED) is 0.126. The van der Waals surface area contributed by atoms with Crippen molar-refractivity contribution in [2.75, 3.05) is 0 Å². The standard InChI is InChI=1S/C45H35N3O/c1-6-7-18-31(2)33(4)29-40(35-19-11-8-12-20-35)34(5)32(3)27-28-38-30-41-39(25-17-26-42(41)49-38)45-47-43(36-21-13-9-14-22-36)46-44(48-45)37-23-15-10-16-24-37/h6-30H,1-5H2/b18-7-,28-27-,40-29+. The van der Waals surface area contributed by atoms with Gasteiger partial charge in [-0.2, -0.15) is 0 Å². The molecule has 0 aliphatic heterocycles. The smallest absolute Gasteiger partial charge is 0.164 e. The second-order valence-corrected chi connectivity index (χ2v) is 11.3. The van der Waals surface area contributed by atoms with Crippen LogP contribution in [-0.2, 0) is 0 Å². The molecule has 0 atom stereocenters. The molecule has 6 aromatic rings. The molecular weight excluding hydrogens is 599 g/mol. The maximum absolute atomic E-state index is 6.28. The maximum Gasteiger partial charge on any atom is 0.164 e. The number of rotatable bonds is 12. The molecule has 0 bridgehead atoms. The first-order valence-electron chi connectivity index (χ1n) is 15.8. The summed E-state index contributed by atoms with van der Waals surface area (Å²) in [5.41, 5.74) is 8.33. The molecule has 2 aromatic heterocycles. The van der Waals surface area contributed by atoms with Gasteiger partial charge in [-0.1, -0.05) is 160 Å². The molecule has 0 radical (unpaired) electrons. The van der Waals surface area contributed by atoms with Gasteiger partial charge in [0.25, 0.3) is 0 Å². The van der Waals surface area contributed by atoms with E-state index in [1.54, 1.807) is 6.08 Å². The van der Waals surface area contributed by atoms with Gasteiger partial charge < -0.3 is 4.42 Å². The van der Waals surface area contributed by atoms with Crippen LogP contribution in [0.4, 0.5) is 0 Å². The number of benzene rings is 4. The van der Waals surface area contributed by atoms with Crippen LogP contribution in [0.3, 0.4) is 0 Å². The largest absolute Gasteiger partial charge is 0.457 e. The molecule has 4 aromatic carbocycles. The lowest BCUT2D eigenvalue weighted by Crippen LogP contribution is -2.00. The summed E-state index contributed by atoms with van der Waals surface area (Å²) >= 11 is 0. The summed E-state index contributed by atoms with van der Waals surface area (Å²) in [4.78, 5) is 14.7. The Kier molecular flexibility index (Phi) is 9.78. The third-order valence-corrected chi connectivity index (χ3v) is 7.93. The highest BCUT2D eigenvalue weighted by molar-refractivity contribution is 5.94. The number of furan rings is 1. The molecule has 49 heavy (non-hydrogen) atoms. The SMILES string of the molecule is C=C/C=C\C(=C)C(=C)/C=C(\C(=C)C(=C)/C=C\c1cc2c(-c3nc(-c4ccccc4)nc(-c4ccccc4)n3)cccc2o1)c1ccccc1. The zero-order valence-corrected chi connectivity index (χ0v) is 27.2. The van der Waals surface area contributed by atoms with Crippen LogP contribution in [0.25, 0.3) is 56.8 Å². The molecule has 0 aliphatic rings. The number of hydrogen-bond acceptors (Lipinski definition) is 4. The van der Waals surface area contributed by atoms with Crippen LogP contribution in [0.2, 0.25) is 0 Å². The third-order valence-electron chi connectivity index (χ3n) is 7.93. The fourth-order valence-corrected chi connectivity index (χ4v) is 5.26. The summed E-state index contributed by atoms with van der Waals surface area (Å²) in [6.45, 7) is 20.9. The van der Waals surface area contributed by atoms with E-state index in [-0.39, 0.29) is 0 Å². The molecule has 4 nitrogen and oxygen atoms in total. The van der Waals surface area contributed by atoms with E-state index in [1.807, 2.05) is 146 Å². The van der Waals surface area contributed by atoms with Crippen molar-refractivity contribution in [2.45, 2.75) is 0 Å². The molecule has 0 saturated heterocycles. The van der Waals surface area contributed by atoms with Crippen molar-refractivity contribution in [1.29, 1.82) is 0 Å². The van der Waals surface area contributed by atoms with E-state index >= 15 is 0 Å². The van der Waals surface area contributed by atoms with E-state index in [9.17, 15) is 0 Å². The molecule has 6 rings (SSSR count). The number of aromatic nitrogens is 3. The van der Waals surface area contributed by atoms with Crippen molar-refractivity contribution >= 4 is 22.6 Å². The highest BCUT2D eigenvalue weighted by Crippen LogP contribution is 2.33. The van der Waals surface area contributed by atoms with E-state index < -0.39 is 0 Å². The van der Waals surface area contributed by atoms with Crippen LogP contribution in [-0.4, -0.2) is 15.0 Å². The van der Waals surface area contributed by atoms with Gasteiger partial charge in [-0.15, -0.1) is 0 Å². The summed E-state index contributed by atoms with van der Waals surface area (Å²) in [5.74, 6) is 2.43. The average molecular weight is 634 g/mol. The van der Waals surface area contributed by atoms with Crippen molar-refractivity contribution in [3.05, 3.63) is 212 Å². The van der Waals surface area contributed by atoms with Gasteiger partial charge >= 0.3 is 0 Å². The third kappa shape index (κ3) is 7.51. The summed E-state index contributed by atoms with van der Waals surface area (Å²) in [6.07, 6.45) is 11.2. The van der Waals surface area contributed by atoms with E-state index in [4.69, 9.17) is 19.4 Å². The van der Waals surface area contributed by atoms with Gasteiger partial charge in [0.05, 0.1) is 0 Å². The Labute approximate surface area is 287 Å². The molecule has 0 amide bonds. The molecule has 0 fully saturated rings. The van der Waals surface area contributed by atoms with Crippen LogP contribution in [0.5, 0.6) is 0 Å². The van der Waals surface area contributed by atoms with Crippen molar-refractivity contribution in [3.63, 3.8) is 0 Å². The second-order valence-electron chi connectivity index (χ2n) is 11.3. The number of nitrogens with zero attached hydrogens (tertiary/aromatic N) is 3. The van der Waals surface area contributed by atoms with Gasteiger partial charge in [0.15, 0.2) is 17.5 Å². The van der Waals surface area contributed by atoms with E-state index in [0.29, 0.717) is 23.2 Å². The minimum absolute atomic E-state index is 0.565. The highest BCUT2D eigenvalue weighted by atomic mass is 16.3. The zero-order chi connectivity index (χ0) is 34.2. The molecule has 4 heteroatoms. The second kappa shape index (κ2) is 14.8. The monoisotopic (exact) mass is 633 g/mol. The maximum atomic E-state index is 6.28. The van der Waals surface area contributed by atoms with Crippen LogP contribution in [0.1, 0.15) is 11.3 Å². The fraction of sp³-hybridized carbons (Fsp3) is 0. The summed E-state index contributed by atoms with van der Waals surface area (Å²) in [7, 11) is 0. The van der Waals surface area contributed by atoms with Gasteiger partial charge in [-0.3, -0.25) is 0 Å². The summed E-state index contributed by atoms with van der Waals surface area (Å²) in [6, 6.07) is 37.8. The summed E-state index contributed by atoms with van der Waals surface area (Å²) in [5, 5.41) is 0.892. The Morgan fingerprint density at radius 1 is 0.592 bits per heavy atom. The Balaban J connectivity index is 1.34.